The minimum absolute atomic E-state index is 0.0614. The fourth-order valence-corrected chi connectivity index (χ4v) is 1.76. The molecule has 1 saturated heterocycles. The van der Waals surface area contributed by atoms with Gasteiger partial charge in [0.1, 0.15) is 5.82 Å². The van der Waals surface area contributed by atoms with E-state index < -0.39 is 0 Å². The van der Waals surface area contributed by atoms with Gasteiger partial charge in [0, 0.05) is 18.3 Å². The van der Waals surface area contributed by atoms with Crippen molar-refractivity contribution in [1.82, 2.24) is 15.6 Å². The van der Waals surface area contributed by atoms with Gasteiger partial charge in [0.2, 0.25) is 5.91 Å². The molecule has 0 spiro atoms. The van der Waals surface area contributed by atoms with E-state index in [1.807, 2.05) is 0 Å². The minimum atomic E-state index is -0.387. The third kappa shape index (κ3) is 2.55. The normalized spacial score (nSPS) is 19.7. The predicted octanol–water partition coefficient (Wildman–Crippen LogP) is 0.589. The molecule has 0 aliphatic carbocycles. The number of nitrogens with zero attached hydrogens (tertiary/aromatic N) is 1. The summed E-state index contributed by atoms with van der Waals surface area (Å²) in [4.78, 5) is 15.3. The van der Waals surface area contributed by atoms with Crippen molar-refractivity contribution < 1.29 is 9.18 Å². The molecule has 4 nitrogen and oxygen atoms in total. The van der Waals surface area contributed by atoms with Crippen molar-refractivity contribution in [2.75, 3.05) is 6.54 Å². The summed E-state index contributed by atoms with van der Waals surface area (Å²) in [5.74, 6) is -0.448. The molecule has 2 heterocycles. The summed E-state index contributed by atoms with van der Waals surface area (Å²) in [5.41, 5.74) is 0.460. The van der Waals surface area contributed by atoms with E-state index in [1.165, 1.54) is 6.20 Å². The number of hydrogen-bond donors (Lipinski definition) is 2. The lowest BCUT2D eigenvalue weighted by Gasteiger charge is -2.11. The Balaban J connectivity index is 1.87. The Bertz CT molecular complexity index is 377. The van der Waals surface area contributed by atoms with Crippen LogP contribution in [0.15, 0.2) is 18.5 Å². The van der Waals surface area contributed by atoms with Crippen LogP contribution < -0.4 is 10.6 Å². The van der Waals surface area contributed by atoms with Crippen LogP contribution in [-0.4, -0.2) is 23.5 Å². The van der Waals surface area contributed by atoms with Gasteiger partial charge in [-0.15, -0.1) is 0 Å². The predicted molar refractivity (Wildman–Crippen MR) is 57.1 cm³/mol. The van der Waals surface area contributed by atoms with Gasteiger partial charge in [0.15, 0.2) is 0 Å². The molecule has 0 saturated carbocycles. The van der Waals surface area contributed by atoms with E-state index in [0.29, 0.717) is 5.56 Å². The Hall–Kier alpha value is -1.49. The number of amides is 1. The average Bonchev–Trinajstić information content (AvgIpc) is 2.81. The second-order valence-electron chi connectivity index (χ2n) is 3.83. The fraction of sp³-hybridized carbons (Fsp3) is 0.455. The zero-order chi connectivity index (χ0) is 11.4. The smallest absolute Gasteiger partial charge is 0.237 e. The second kappa shape index (κ2) is 5.03. The van der Waals surface area contributed by atoms with Crippen molar-refractivity contribution in [3.05, 3.63) is 29.8 Å². The molecule has 0 radical (unpaired) electrons. The van der Waals surface area contributed by atoms with Gasteiger partial charge in [-0.05, 0) is 25.5 Å². The molecule has 1 atom stereocenters. The Labute approximate surface area is 93.3 Å². The highest BCUT2D eigenvalue weighted by molar-refractivity contribution is 5.81. The molecule has 1 aromatic rings. The summed E-state index contributed by atoms with van der Waals surface area (Å²) in [6, 6.07) is 1.45. The number of carbonyl (C=O) groups is 1. The van der Waals surface area contributed by atoms with Gasteiger partial charge in [-0.2, -0.15) is 0 Å². The first-order chi connectivity index (χ1) is 7.77. The van der Waals surface area contributed by atoms with Crippen molar-refractivity contribution in [3.8, 4) is 0 Å². The molecule has 0 bridgehead atoms. The summed E-state index contributed by atoms with van der Waals surface area (Å²) in [6.07, 6.45) is 4.53. The van der Waals surface area contributed by atoms with Gasteiger partial charge < -0.3 is 10.6 Å². The topological polar surface area (TPSA) is 54.0 Å². The third-order valence-corrected chi connectivity index (χ3v) is 2.69. The molecule has 5 heteroatoms. The van der Waals surface area contributed by atoms with Crippen molar-refractivity contribution in [2.24, 2.45) is 0 Å². The number of carbonyl (C=O) groups excluding carboxylic acids is 1. The largest absolute Gasteiger partial charge is 0.351 e. The zero-order valence-electron chi connectivity index (χ0n) is 8.87. The molecule has 86 valence electrons. The van der Waals surface area contributed by atoms with Crippen LogP contribution in [-0.2, 0) is 11.3 Å². The SMILES string of the molecule is O=C(NCc1ccncc1F)[C@@H]1CCCN1. The molecule has 1 fully saturated rings. The maximum atomic E-state index is 13.2. The molecule has 16 heavy (non-hydrogen) atoms. The van der Waals surface area contributed by atoms with Crippen LogP contribution in [0.4, 0.5) is 4.39 Å². The molecule has 1 aromatic heterocycles. The number of rotatable bonds is 3. The lowest BCUT2D eigenvalue weighted by Crippen LogP contribution is -2.40. The van der Waals surface area contributed by atoms with Crippen molar-refractivity contribution in [1.29, 1.82) is 0 Å². The maximum absolute atomic E-state index is 13.2. The number of halogens is 1. The highest BCUT2D eigenvalue weighted by Crippen LogP contribution is 2.06. The van der Waals surface area contributed by atoms with Gasteiger partial charge in [-0.1, -0.05) is 0 Å². The Morgan fingerprint density at radius 2 is 2.56 bits per heavy atom. The number of hydrogen-bond acceptors (Lipinski definition) is 3. The number of pyridine rings is 1. The monoisotopic (exact) mass is 223 g/mol. The van der Waals surface area contributed by atoms with Crippen molar-refractivity contribution in [2.45, 2.75) is 25.4 Å². The Morgan fingerprint density at radius 1 is 1.69 bits per heavy atom. The van der Waals surface area contributed by atoms with Gasteiger partial charge in [0.05, 0.1) is 12.2 Å². The molecular weight excluding hydrogens is 209 g/mol. The van der Waals surface area contributed by atoms with Crippen LogP contribution in [0.1, 0.15) is 18.4 Å². The molecule has 0 aromatic carbocycles. The van der Waals surface area contributed by atoms with E-state index in [4.69, 9.17) is 0 Å². The first-order valence-electron chi connectivity index (χ1n) is 5.37. The Kier molecular flexibility index (Phi) is 3.46. The van der Waals surface area contributed by atoms with Gasteiger partial charge in [-0.3, -0.25) is 9.78 Å². The quantitative estimate of drug-likeness (QED) is 0.788. The molecule has 0 unspecified atom stereocenters. The highest BCUT2D eigenvalue weighted by atomic mass is 19.1. The van der Waals surface area contributed by atoms with E-state index in [-0.39, 0.29) is 24.3 Å². The Morgan fingerprint density at radius 3 is 3.25 bits per heavy atom. The summed E-state index contributed by atoms with van der Waals surface area (Å²) < 4.78 is 13.2. The standard InChI is InChI=1S/C11H14FN3O/c12-9-7-13-5-3-8(9)6-15-11(16)10-2-1-4-14-10/h3,5,7,10,14H,1-2,4,6H2,(H,15,16)/t10-/m0/s1. The van der Waals surface area contributed by atoms with Crippen molar-refractivity contribution in [3.63, 3.8) is 0 Å². The lowest BCUT2D eigenvalue weighted by molar-refractivity contribution is -0.122. The van der Waals surface area contributed by atoms with Crippen molar-refractivity contribution >= 4 is 5.91 Å². The summed E-state index contributed by atoms with van der Waals surface area (Å²) >= 11 is 0. The number of nitrogens with one attached hydrogen (secondary N) is 2. The van der Waals surface area contributed by atoms with Crippen LogP contribution in [0.3, 0.4) is 0 Å². The van der Waals surface area contributed by atoms with Crippen LogP contribution >= 0.6 is 0 Å². The lowest BCUT2D eigenvalue weighted by atomic mass is 10.2. The maximum Gasteiger partial charge on any atom is 0.237 e. The summed E-state index contributed by atoms with van der Waals surface area (Å²) in [5, 5.41) is 5.80. The second-order valence-corrected chi connectivity index (χ2v) is 3.83. The zero-order valence-corrected chi connectivity index (χ0v) is 8.87. The van der Waals surface area contributed by atoms with Crippen LogP contribution in [0.2, 0.25) is 0 Å². The van der Waals surface area contributed by atoms with E-state index in [9.17, 15) is 9.18 Å². The van der Waals surface area contributed by atoms with E-state index in [1.54, 1.807) is 6.07 Å². The average molecular weight is 223 g/mol. The van der Waals surface area contributed by atoms with Crippen LogP contribution in [0, 0.1) is 5.82 Å². The van der Waals surface area contributed by atoms with E-state index >= 15 is 0 Å². The summed E-state index contributed by atoms with van der Waals surface area (Å²) in [6.45, 7) is 1.09. The molecule has 1 aliphatic heterocycles. The first kappa shape index (κ1) is 11.0. The first-order valence-corrected chi connectivity index (χ1v) is 5.37. The fourth-order valence-electron chi connectivity index (χ4n) is 1.76. The molecular formula is C11H14FN3O. The van der Waals surface area contributed by atoms with Gasteiger partial charge in [0.25, 0.3) is 0 Å². The van der Waals surface area contributed by atoms with Crippen LogP contribution in [0.25, 0.3) is 0 Å². The van der Waals surface area contributed by atoms with Crippen LogP contribution in [0.5, 0.6) is 0 Å². The molecule has 2 N–H and O–H groups in total. The molecule has 1 aliphatic rings. The third-order valence-electron chi connectivity index (χ3n) is 2.69. The van der Waals surface area contributed by atoms with Gasteiger partial charge >= 0.3 is 0 Å². The minimum Gasteiger partial charge on any atom is -0.351 e. The summed E-state index contributed by atoms with van der Waals surface area (Å²) in [7, 11) is 0. The molecule has 1 amide bonds. The number of aromatic nitrogens is 1. The molecule has 2 rings (SSSR count). The van der Waals surface area contributed by atoms with E-state index in [0.717, 1.165) is 25.6 Å². The van der Waals surface area contributed by atoms with Gasteiger partial charge in [-0.25, -0.2) is 4.39 Å². The highest BCUT2D eigenvalue weighted by Gasteiger charge is 2.21. The van der Waals surface area contributed by atoms with E-state index in [2.05, 4.69) is 15.6 Å².